The maximum absolute atomic E-state index is 13.8. The molecule has 138 valence electrons. The fraction of sp³-hybridized carbons (Fsp3) is 0.0625. The Morgan fingerprint density at radius 2 is 1.81 bits per heavy atom. The standard InChI is InChI=1S/C16H8BrF2N3O5/c17-11-3-7(18)4-12(19)14(11)20-13(23)6-21-15(24)9-2-1-8(22(26)27)5-10(9)16(21)25/h1-5H,6H2,(H,20,23). The number of nitrogens with one attached hydrogen (secondary N) is 1. The second-order valence-corrected chi connectivity index (χ2v) is 6.33. The molecule has 27 heavy (non-hydrogen) atoms. The van der Waals surface area contributed by atoms with Crippen LogP contribution in [-0.4, -0.2) is 34.1 Å². The van der Waals surface area contributed by atoms with E-state index in [0.29, 0.717) is 11.0 Å². The number of nitro benzene ring substituents is 1. The highest BCUT2D eigenvalue weighted by atomic mass is 79.9. The zero-order chi connectivity index (χ0) is 19.9. The first-order valence-corrected chi connectivity index (χ1v) is 8.07. The lowest BCUT2D eigenvalue weighted by Gasteiger charge is -2.14. The van der Waals surface area contributed by atoms with Crippen LogP contribution in [0.2, 0.25) is 0 Å². The van der Waals surface area contributed by atoms with E-state index in [1.165, 1.54) is 0 Å². The Balaban J connectivity index is 1.80. The number of hydrogen-bond donors (Lipinski definition) is 1. The molecule has 0 bridgehead atoms. The van der Waals surface area contributed by atoms with Crippen molar-refractivity contribution in [1.82, 2.24) is 4.90 Å². The minimum atomic E-state index is -1.05. The van der Waals surface area contributed by atoms with Crippen LogP contribution >= 0.6 is 15.9 Å². The molecule has 0 aromatic heterocycles. The van der Waals surface area contributed by atoms with Crippen molar-refractivity contribution in [1.29, 1.82) is 0 Å². The molecule has 0 atom stereocenters. The molecule has 3 rings (SSSR count). The van der Waals surface area contributed by atoms with Crippen molar-refractivity contribution < 1.29 is 28.1 Å². The van der Waals surface area contributed by atoms with Gasteiger partial charge in [-0.3, -0.25) is 29.4 Å². The summed E-state index contributed by atoms with van der Waals surface area (Å²) >= 11 is 2.90. The number of imide groups is 1. The van der Waals surface area contributed by atoms with E-state index in [-0.39, 0.29) is 27.0 Å². The smallest absolute Gasteiger partial charge is 0.270 e. The molecule has 1 heterocycles. The number of nitrogens with zero attached hydrogens (tertiary/aromatic N) is 2. The maximum atomic E-state index is 13.8. The molecule has 0 aliphatic carbocycles. The van der Waals surface area contributed by atoms with Crippen LogP contribution in [0.25, 0.3) is 0 Å². The van der Waals surface area contributed by atoms with Gasteiger partial charge in [0.05, 0.1) is 21.7 Å². The fourth-order valence-electron chi connectivity index (χ4n) is 2.52. The van der Waals surface area contributed by atoms with Crippen LogP contribution in [0.5, 0.6) is 0 Å². The summed E-state index contributed by atoms with van der Waals surface area (Å²) in [6, 6.07) is 4.63. The van der Waals surface area contributed by atoms with Crippen molar-refractivity contribution in [3.63, 3.8) is 0 Å². The molecule has 0 spiro atoms. The second-order valence-electron chi connectivity index (χ2n) is 5.48. The molecular formula is C16H8BrF2N3O5. The first-order chi connectivity index (χ1) is 12.7. The molecule has 8 nitrogen and oxygen atoms in total. The van der Waals surface area contributed by atoms with Gasteiger partial charge in [0.2, 0.25) is 5.91 Å². The lowest BCUT2D eigenvalue weighted by atomic mass is 10.1. The van der Waals surface area contributed by atoms with Gasteiger partial charge >= 0.3 is 0 Å². The molecule has 2 aromatic carbocycles. The lowest BCUT2D eigenvalue weighted by Crippen LogP contribution is -2.37. The normalized spacial score (nSPS) is 12.9. The van der Waals surface area contributed by atoms with Crippen LogP contribution in [0.1, 0.15) is 20.7 Å². The molecule has 3 amide bonds. The molecule has 11 heteroatoms. The van der Waals surface area contributed by atoms with E-state index < -0.39 is 40.8 Å². The lowest BCUT2D eigenvalue weighted by molar-refractivity contribution is -0.384. The topological polar surface area (TPSA) is 110 Å². The number of carbonyl (C=O) groups excluding carboxylic acids is 3. The number of amides is 3. The van der Waals surface area contributed by atoms with E-state index in [0.717, 1.165) is 24.3 Å². The summed E-state index contributed by atoms with van der Waals surface area (Å²) in [5, 5.41) is 13.0. The number of fused-ring (bicyclic) bond motifs is 1. The summed E-state index contributed by atoms with van der Waals surface area (Å²) in [4.78, 5) is 47.4. The Morgan fingerprint density at radius 1 is 1.15 bits per heavy atom. The number of carbonyl (C=O) groups is 3. The number of halogens is 3. The maximum Gasteiger partial charge on any atom is 0.270 e. The molecule has 0 fully saturated rings. The van der Waals surface area contributed by atoms with Gasteiger partial charge in [0.25, 0.3) is 17.5 Å². The molecule has 0 saturated carbocycles. The molecule has 1 N–H and O–H groups in total. The number of non-ortho nitro benzene ring substituents is 1. The summed E-state index contributed by atoms with van der Waals surface area (Å²) in [7, 11) is 0. The van der Waals surface area contributed by atoms with Crippen molar-refractivity contribution in [2.75, 3.05) is 11.9 Å². The number of anilines is 1. The summed E-state index contributed by atoms with van der Waals surface area (Å²) in [6.45, 7) is -0.747. The Morgan fingerprint density at radius 3 is 2.44 bits per heavy atom. The van der Waals surface area contributed by atoms with E-state index in [4.69, 9.17) is 0 Å². The van der Waals surface area contributed by atoms with Crippen LogP contribution in [0.15, 0.2) is 34.8 Å². The monoisotopic (exact) mass is 439 g/mol. The Hall–Kier alpha value is -3.21. The third-order valence-electron chi connectivity index (χ3n) is 3.74. The highest BCUT2D eigenvalue weighted by molar-refractivity contribution is 9.10. The van der Waals surface area contributed by atoms with Crippen molar-refractivity contribution >= 4 is 45.0 Å². The van der Waals surface area contributed by atoms with Gasteiger partial charge in [-0.25, -0.2) is 8.78 Å². The van der Waals surface area contributed by atoms with Gasteiger partial charge in [0, 0.05) is 22.7 Å². The molecule has 1 aliphatic rings. The van der Waals surface area contributed by atoms with E-state index in [2.05, 4.69) is 21.2 Å². The van der Waals surface area contributed by atoms with E-state index in [9.17, 15) is 33.3 Å². The first-order valence-electron chi connectivity index (χ1n) is 7.28. The average Bonchev–Trinajstić information content (AvgIpc) is 2.82. The van der Waals surface area contributed by atoms with Gasteiger partial charge in [0.1, 0.15) is 12.4 Å². The Kier molecular flexibility index (Phi) is 4.70. The van der Waals surface area contributed by atoms with E-state index in [1.807, 2.05) is 0 Å². The summed E-state index contributed by atoms with van der Waals surface area (Å²) in [5.41, 5.74) is -1.00. The highest BCUT2D eigenvalue weighted by Gasteiger charge is 2.38. The summed E-state index contributed by atoms with van der Waals surface area (Å²) in [6.07, 6.45) is 0. The number of nitro groups is 1. The molecule has 1 aliphatic heterocycles. The van der Waals surface area contributed by atoms with E-state index >= 15 is 0 Å². The van der Waals surface area contributed by atoms with Crippen LogP contribution in [-0.2, 0) is 4.79 Å². The van der Waals surface area contributed by atoms with Crippen molar-refractivity contribution in [3.05, 3.63) is 67.7 Å². The van der Waals surface area contributed by atoms with Crippen molar-refractivity contribution in [2.45, 2.75) is 0 Å². The third-order valence-corrected chi connectivity index (χ3v) is 4.36. The molecular weight excluding hydrogens is 432 g/mol. The van der Waals surface area contributed by atoms with Crippen LogP contribution in [0, 0.1) is 21.7 Å². The fourth-order valence-corrected chi connectivity index (χ4v) is 3.03. The Bertz CT molecular complexity index is 1000. The molecule has 0 saturated heterocycles. The number of hydrogen-bond acceptors (Lipinski definition) is 5. The molecule has 0 unspecified atom stereocenters. The van der Waals surface area contributed by atoms with Gasteiger partial charge in [-0.2, -0.15) is 0 Å². The van der Waals surface area contributed by atoms with Gasteiger partial charge in [-0.1, -0.05) is 0 Å². The highest BCUT2D eigenvalue weighted by Crippen LogP contribution is 2.28. The van der Waals surface area contributed by atoms with Gasteiger partial charge in [-0.05, 0) is 28.1 Å². The largest absolute Gasteiger partial charge is 0.321 e. The SMILES string of the molecule is O=C(CN1C(=O)c2ccc([N+](=O)[O-])cc2C1=O)Nc1c(F)cc(F)cc1Br. The quantitative estimate of drug-likeness (QED) is 0.447. The third kappa shape index (κ3) is 3.40. The Labute approximate surface area is 158 Å². The molecule has 2 aromatic rings. The average molecular weight is 440 g/mol. The van der Waals surface area contributed by atoms with Crippen LogP contribution in [0.3, 0.4) is 0 Å². The van der Waals surface area contributed by atoms with E-state index in [1.54, 1.807) is 0 Å². The number of benzene rings is 2. The predicted molar refractivity (Wildman–Crippen MR) is 91.2 cm³/mol. The first kappa shape index (κ1) is 18.6. The van der Waals surface area contributed by atoms with Gasteiger partial charge in [-0.15, -0.1) is 0 Å². The zero-order valence-corrected chi connectivity index (χ0v) is 14.7. The summed E-state index contributed by atoms with van der Waals surface area (Å²) in [5.74, 6) is -4.51. The van der Waals surface area contributed by atoms with Crippen LogP contribution in [0.4, 0.5) is 20.2 Å². The minimum Gasteiger partial charge on any atom is -0.321 e. The van der Waals surface area contributed by atoms with Crippen LogP contribution < -0.4 is 5.32 Å². The predicted octanol–water partition coefficient (Wildman–Crippen LogP) is 2.87. The van der Waals surface area contributed by atoms with Gasteiger partial charge in [0.15, 0.2) is 5.82 Å². The van der Waals surface area contributed by atoms with Crippen molar-refractivity contribution in [2.24, 2.45) is 0 Å². The molecule has 0 radical (unpaired) electrons. The van der Waals surface area contributed by atoms with Crippen molar-refractivity contribution in [3.8, 4) is 0 Å². The zero-order valence-electron chi connectivity index (χ0n) is 13.2. The van der Waals surface area contributed by atoms with Gasteiger partial charge < -0.3 is 5.32 Å². The summed E-state index contributed by atoms with van der Waals surface area (Å²) < 4.78 is 26.8. The second kappa shape index (κ2) is 6.83. The number of rotatable bonds is 4. The minimum absolute atomic E-state index is 0.0636.